The summed E-state index contributed by atoms with van der Waals surface area (Å²) in [5.41, 5.74) is 2.22. The average Bonchev–Trinajstić information content (AvgIpc) is 2.99. The van der Waals surface area contributed by atoms with Crippen molar-refractivity contribution in [1.82, 2.24) is 10.3 Å². The largest absolute Gasteiger partial charge is 0.377 e. The van der Waals surface area contributed by atoms with Gasteiger partial charge >= 0.3 is 0 Å². The molecule has 27 heavy (non-hydrogen) atoms. The molecule has 2 aliphatic rings. The molecule has 3 heterocycles. The number of hydrogen-bond donors (Lipinski definition) is 1. The molecule has 1 N–H and O–H groups in total. The molecule has 1 saturated heterocycles. The number of benzene rings is 1. The van der Waals surface area contributed by atoms with E-state index in [2.05, 4.69) is 58.2 Å². The predicted molar refractivity (Wildman–Crippen MR) is 112 cm³/mol. The summed E-state index contributed by atoms with van der Waals surface area (Å²) >= 11 is 5.07. The number of hydrogen-bond acceptors (Lipinski definition) is 5. The van der Waals surface area contributed by atoms with Crippen LogP contribution in [0.25, 0.3) is 0 Å². The number of nitrogens with zero attached hydrogens (tertiary/aromatic N) is 2. The molecular formula is C20H24BrN3O2S. The molecule has 4 rings (SSSR count). The van der Waals surface area contributed by atoms with Gasteiger partial charge in [-0.05, 0) is 36.0 Å². The number of rotatable bonds is 3. The maximum Gasteiger partial charge on any atom is 0.263 e. The number of halogens is 1. The maximum atomic E-state index is 12.5. The Labute approximate surface area is 172 Å². The summed E-state index contributed by atoms with van der Waals surface area (Å²) < 4.78 is 6.84. The number of carbonyl (C=O) groups excluding carboxylic acids is 1. The second kappa shape index (κ2) is 7.53. The fourth-order valence-corrected chi connectivity index (χ4v) is 5.23. The van der Waals surface area contributed by atoms with Crippen molar-refractivity contribution in [2.45, 2.75) is 32.7 Å². The highest BCUT2D eigenvalue weighted by molar-refractivity contribution is 9.10. The lowest BCUT2D eigenvalue weighted by Crippen LogP contribution is -2.46. The number of anilines is 1. The molecule has 0 saturated carbocycles. The van der Waals surface area contributed by atoms with Crippen molar-refractivity contribution in [3.63, 3.8) is 0 Å². The van der Waals surface area contributed by atoms with Gasteiger partial charge in [0.25, 0.3) is 5.91 Å². The van der Waals surface area contributed by atoms with Crippen molar-refractivity contribution in [2.75, 3.05) is 31.2 Å². The van der Waals surface area contributed by atoms with Crippen LogP contribution < -0.4 is 10.2 Å². The summed E-state index contributed by atoms with van der Waals surface area (Å²) in [5.74, 6) is 0.0103. The zero-order valence-corrected chi connectivity index (χ0v) is 18.0. The first-order chi connectivity index (χ1) is 12.9. The van der Waals surface area contributed by atoms with E-state index in [0.717, 1.165) is 39.6 Å². The number of fused-ring (bicyclic) bond motifs is 1. The van der Waals surface area contributed by atoms with Crippen molar-refractivity contribution in [1.29, 1.82) is 0 Å². The molecule has 2 aliphatic heterocycles. The predicted octanol–water partition coefficient (Wildman–Crippen LogP) is 3.67. The molecule has 2 aromatic rings. The molecule has 0 radical (unpaired) electrons. The number of thiazole rings is 1. The Bertz CT molecular complexity index is 852. The number of morpholine rings is 1. The van der Waals surface area contributed by atoms with E-state index >= 15 is 0 Å². The molecule has 144 valence electrons. The van der Waals surface area contributed by atoms with Gasteiger partial charge in [-0.25, -0.2) is 4.98 Å². The van der Waals surface area contributed by atoms with Crippen LogP contribution in [0.3, 0.4) is 0 Å². The zero-order valence-electron chi connectivity index (χ0n) is 15.6. The quantitative estimate of drug-likeness (QED) is 0.776. The van der Waals surface area contributed by atoms with Gasteiger partial charge in [0.1, 0.15) is 4.88 Å². The Morgan fingerprint density at radius 1 is 1.44 bits per heavy atom. The van der Waals surface area contributed by atoms with Crippen LogP contribution >= 0.6 is 27.3 Å². The Morgan fingerprint density at radius 2 is 2.30 bits per heavy atom. The van der Waals surface area contributed by atoms with E-state index in [1.54, 1.807) is 0 Å². The Morgan fingerprint density at radius 3 is 3.11 bits per heavy atom. The third-order valence-electron chi connectivity index (χ3n) is 5.10. The van der Waals surface area contributed by atoms with Gasteiger partial charge in [0.05, 0.1) is 24.9 Å². The molecule has 0 bridgehead atoms. The molecule has 0 aliphatic carbocycles. The van der Waals surface area contributed by atoms with Crippen LogP contribution in [-0.4, -0.2) is 43.2 Å². The number of ether oxygens (including phenoxy) is 1. The van der Waals surface area contributed by atoms with Crippen molar-refractivity contribution in [3.05, 3.63) is 44.9 Å². The summed E-state index contributed by atoms with van der Waals surface area (Å²) in [5, 5.41) is 3.99. The summed E-state index contributed by atoms with van der Waals surface area (Å²) in [6.45, 7) is 7.20. The van der Waals surface area contributed by atoms with E-state index in [9.17, 15) is 4.79 Å². The fourth-order valence-electron chi connectivity index (χ4n) is 3.69. The van der Waals surface area contributed by atoms with Crippen LogP contribution in [0.2, 0.25) is 0 Å². The number of amides is 1. The molecule has 1 aromatic carbocycles. The molecule has 1 fully saturated rings. The number of aromatic nitrogens is 1. The van der Waals surface area contributed by atoms with E-state index < -0.39 is 0 Å². The van der Waals surface area contributed by atoms with E-state index in [0.29, 0.717) is 19.8 Å². The first-order valence-corrected chi connectivity index (χ1v) is 10.9. The zero-order chi connectivity index (χ0) is 19.0. The van der Waals surface area contributed by atoms with Gasteiger partial charge in [-0.3, -0.25) is 4.79 Å². The van der Waals surface area contributed by atoms with E-state index in [4.69, 9.17) is 9.72 Å². The van der Waals surface area contributed by atoms with E-state index in [1.807, 2.05) is 6.07 Å². The SMILES string of the molecule is CC1(C)CNC(=O)c2sc(N3CCOC[C@@H]3Cc3cccc(Br)c3)nc2C1. The first-order valence-electron chi connectivity index (χ1n) is 9.28. The third-order valence-corrected chi connectivity index (χ3v) is 6.73. The molecule has 1 atom stereocenters. The molecule has 1 aromatic heterocycles. The minimum Gasteiger partial charge on any atom is -0.377 e. The summed E-state index contributed by atoms with van der Waals surface area (Å²) in [6.07, 6.45) is 1.71. The van der Waals surface area contributed by atoms with Gasteiger partial charge in [-0.1, -0.05) is 53.2 Å². The molecular weight excluding hydrogens is 426 g/mol. The topological polar surface area (TPSA) is 54.5 Å². The van der Waals surface area contributed by atoms with Gasteiger partial charge in [-0.2, -0.15) is 0 Å². The molecule has 0 spiro atoms. The lowest BCUT2D eigenvalue weighted by molar-refractivity contribution is 0.0940. The average molecular weight is 450 g/mol. The van der Waals surface area contributed by atoms with Crippen molar-refractivity contribution >= 4 is 38.3 Å². The van der Waals surface area contributed by atoms with Gasteiger partial charge in [-0.15, -0.1) is 0 Å². The number of carbonyl (C=O) groups is 1. The highest BCUT2D eigenvalue weighted by atomic mass is 79.9. The van der Waals surface area contributed by atoms with Crippen LogP contribution in [0.1, 0.15) is 34.8 Å². The minimum atomic E-state index is 0.0103. The molecule has 7 heteroatoms. The summed E-state index contributed by atoms with van der Waals surface area (Å²) in [4.78, 5) is 20.5. The molecule has 5 nitrogen and oxygen atoms in total. The van der Waals surface area contributed by atoms with Gasteiger partial charge in [0.15, 0.2) is 5.13 Å². The highest BCUT2D eigenvalue weighted by Gasteiger charge is 2.33. The lowest BCUT2D eigenvalue weighted by Gasteiger charge is -2.35. The maximum absolute atomic E-state index is 12.5. The van der Waals surface area contributed by atoms with Crippen LogP contribution in [0.4, 0.5) is 5.13 Å². The third kappa shape index (κ3) is 4.20. The van der Waals surface area contributed by atoms with E-state index in [-0.39, 0.29) is 17.4 Å². The molecule has 0 unspecified atom stereocenters. The van der Waals surface area contributed by atoms with Crippen LogP contribution in [0, 0.1) is 5.41 Å². The summed E-state index contributed by atoms with van der Waals surface area (Å²) in [7, 11) is 0. The lowest BCUT2D eigenvalue weighted by atomic mass is 9.88. The smallest absolute Gasteiger partial charge is 0.263 e. The van der Waals surface area contributed by atoms with Crippen LogP contribution in [0.15, 0.2) is 28.7 Å². The van der Waals surface area contributed by atoms with Crippen LogP contribution in [0.5, 0.6) is 0 Å². The highest BCUT2D eigenvalue weighted by Crippen LogP contribution is 2.34. The standard InChI is InChI=1S/C20H24BrN3O2S/c1-20(2)10-16-17(18(25)22-12-20)27-19(23-16)24-6-7-26-11-15(24)9-13-4-3-5-14(21)8-13/h3-5,8,15H,6-7,9-12H2,1-2H3,(H,22,25)/t15-/m0/s1. The fraction of sp³-hybridized carbons (Fsp3) is 0.500. The van der Waals surface area contributed by atoms with Crippen molar-refractivity contribution < 1.29 is 9.53 Å². The van der Waals surface area contributed by atoms with Crippen molar-refractivity contribution in [2.24, 2.45) is 5.41 Å². The summed E-state index contributed by atoms with van der Waals surface area (Å²) in [6, 6.07) is 8.62. The van der Waals surface area contributed by atoms with Gasteiger partial charge < -0.3 is 15.0 Å². The normalized spacial score (nSPS) is 22.1. The minimum absolute atomic E-state index is 0.0103. The van der Waals surface area contributed by atoms with Crippen LogP contribution in [-0.2, 0) is 17.6 Å². The number of nitrogens with one attached hydrogen (secondary N) is 1. The Kier molecular flexibility index (Phi) is 5.27. The van der Waals surface area contributed by atoms with Crippen molar-refractivity contribution in [3.8, 4) is 0 Å². The van der Waals surface area contributed by atoms with Gasteiger partial charge in [0, 0.05) is 17.6 Å². The van der Waals surface area contributed by atoms with Gasteiger partial charge in [0.2, 0.25) is 0 Å². The first kappa shape index (κ1) is 18.9. The van der Waals surface area contributed by atoms with E-state index in [1.165, 1.54) is 16.9 Å². The Balaban J connectivity index is 1.61. The Hall–Kier alpha value is -1.44. The second-order valence-corrected chi connectivity index (χ2v) is 9.95. The molecule has 1 amide bonds. The second-order valence-electron chi connectivity index (χ2n) is 8.05. The monoisotopic (exact) mass is 449 g/mol.